The average Bonchev–Trinajstić information content (AvgIpc) is 2.80. The summed E-state index contributed by atoms with van der Waals surface area (Å²) >= 11 is 0. The Balaban J connectivity index is 1.31. The molecule has 160 valence electrons. The van der Waals surface area contributed by atoms with Gasteiger partial charge in [0.15, 0.2) is 0 Å². The molecule has 1 saturated heterocycles. The topological polar surface area (TPSA) is 58.5 Å². The second kappa shape index (κ2) is 8.77. The number of aliphatic hydroxyl groups is 1. The van der Waals surface area contributed by atoms with Crippen LogP contribution in [-0.4, -0.2) is 33.1 Å². The summed E-state index contributed by atoms with van der Waals surface area (Å²) in [5.74, 6) is 1.38. The van der Waals surface area contributed by atoms with Crippen molar-refractivity contribution in [3.05, 3.63) is 90.0 Å². The standard InChI is InChI=1S/C26H29N3O2/c30-26(22-10-5-13-28-15-22)23-8-3-9-24(26)18-29(17-23)16-21-7-1-2-11-25(21)31-19-20-6-4-12-27-14-20/h1-2,4-7,10-15,23-24,30H,3,8-9,16-19H2/t23-,24-/m0/s1. The van der Waals surface area contributed by atoms with Crippen LogP contribution in [0.2, 0.25) is 0 Å². The third kappa shape index (κ3) is 4.08. The van der Waals surface area contributed by atoms with Gasteiger partial charge in [0.25, 0.3) is 0 Å². The normalized spacial score (nSPS) is 25.8. The number of aromatic nitrogens is 2. The zero-order chi connectivity index (χ0) is 21.1. The Bertz CT molecular complexity index is 982. The fourth-order valence-corrected chi connectivity index (χ4v) is 5.40. The molecule has 5 rings (SSSR count). The SMILES string of the molecule is OC1(c2cccnc2)[C@H]2CCC[C@H]1CN(Cc1ccccc1OCc1cccnc1)C2. The number of benzene rings is 1. The highest BCUT2D eigenvalue weighted by atomic mass is 16.5. The Morgan fingerprint density at radius 2 is 1.68 bits per heavy atom. The van der Waals surface area contributed by atoms with Crippen molar-refractivity contribution < 1.29 is 9.84 Å². The van der Waals surface area contributed by atoms with E-state index in [9.17, 15) is 5.11 Å². The Morgan fingerprint density at radius 1 is 0.935 bits per heavy atom. The number of hydrogen-bond acceptors (Lipinski definition) is 5. The van der Waals surface area contributed by atoms with Crippen LogP contribution in [0.5, 0.6) is 5.75 Å². The first-order valence-electron chi connectivity index (χ1n) is 11.2. The number of fused-ring (bicyclic) bond motifs is 2. The van der Waals surface area contributed by atoms with E-state index >= 15 is 0 Å². The van der Waals surface area contributed by atoms with Crippen molar-refractivity contribution in [1.82, 2.24) is 14.9 Å². The summed E-state index contributed by atoms with van der Waals surface area (Å²) in [4.78, 5) is 10.9. The maximum Gasteiger partial charge on any atom is 0.124 e. The number of rotatable bonds is 6. The van der Waals surface area contributed by atoms with Gasteiger partial charge < -0.3 is 9.84 Å². The van der Waals surface area contributed by atoms with Gasteiger partial charge in [-0.25, -0.2) is 0 Å². The molecule has 3 aromatic rings. The van der Waals surface area contributed by atoms with E-state index in [0.29, 0.717) is 6.61 Å². The number of piperidine rings is 1. The van der Waals surface area contributed by atoms with Crippen molar-refractivity contribution in [2.24, 2.45) is 11.8 Å². The highest BCUT2D eigenvalue weighted by molar-refractivity contribution is 5.34. The second-order valence-corrected chi connectivity index (χ2v) is 8.84. The molecule has 2 bridgehead atoms. The number of ether oxygens (including phenoxy) is 1. The number of likely N-dealkylation sites (tertiary alicyclic amines) is 1. The molecule has 1 aliphatic carbocycles. The molecule has 2 aromatic heterocycles. The summed E-state index contributed by atoms with van der Waals surface area (Å²) < 4.78 is 6.14. The van der Waals surface area contributed by atoms with E-state index in [1.165, 1.54) is 12.0 Å². The van der Waals surface area contributed by atoms with Crippen LogP contribution in [0.25, 0.3) is 0 Å². The average molecular weight is 416 g/mol. The van der Waals surface area contributed by atoms with Gasteiger partial charge >= 0.3 is 0 Å². The van der Waals surface area contributed by atoms with Gasteiger partial charge in [-0.05, 0) is 31.0 Å². The molecule has 0 unspecified atom stereocenters. The van der Waals surface area contributed by atoms with Gasteiger partial charge in [0.1, 0.15) is 12.4 Å². The number of nitrogens with zero attached hydrogens (tertiary/aromatic N) is 3. The molecule has 0 radical (unpaired) electrons. The van der Waals surface area contributed by atoms with Gasteiger partial charge in [0, 0.05) is 72.9 Å². The molecule has 0 spiro atoms. The van der Waals surface area contributed by atoms with E-state index in [4.69, 9.17) is 4.74 Å². The Kier molecular flexibility index (Phi) is 5.70. The lowest BCUT2D eigenvalue weighted by Crippen LogP contribution is -2.57. The molecule has 3 heterocycles. The summed E-state index contributed by atoms with van der Waals surface area (Å²) in [7, 11) is 0. The van der Waals surface area contributed by atoms with Crippen molar-refractivity contribution in [2.45, 2.75) is 38.0 Å². The van der Waals surface area contributed by atoms with Gasteiger partial charge in [-0.3, -0.25) is 14.9 Å². The van der Waals surface area contributed by atoms with Crippen LogP contribution in [0, 0.1) is 11.8 Å². The van der Waals surface area contributed by atoms with Crippen LogP contribution in [0.15, 0.2) is 73.3 Å². The molecule has 2 aliphatic rings. The summed E-state index contributed by atoms with van der Waals surface area (Å²) in [5.41, 5.74) is 2.46. The minimum atomic E-state index is -0.765. The van der Waals surface area contributed by atoms with Crippen LogP contribution in [0.1, 0.15) is 36.0 Å². The van der Waals surface area contributed by atoms with Crippen molar-refractivity contribution >= 4 is 0 Å². The lowest BCUT2D eigenvalue weighted by molar-refractivity contribution is -0.148. The zero-order valence-electron chi connectivity index (χ0n) is 17.7. The Morgan fingerprint density at radius 3 is 2.39 bits per heavy atom. The molecule has 0 amide bonds. The van der Waals surface area contributed by atoms with Gasteiger partial charge in [-0.15, -0.1) is 0 Å². The van der Waals surface area contributed by atoms with Crippen molar-refractivity contribution in [1.29, 1.82) is 0 Å². The lowest BCUT2D eigenvalue weighted by atomic mass is 9.63. The predicted octanol–water partition coefficient (Wildman–Crippen LogP) is 4.18. The maximum absolute atomic E-state index is 11.8. The highest BCUT2D eigenvalue weighted by Crippen LogP contribution is 2.49. The third-order valence-corrected chi connectivity index (χ3v) is 6.91. The maximum atomic E-state index is 11.8. The van der Waals surface area contributed by atoms with Gasteiger partial charge in [-0.1, -0.05) is 36.8 Å². The first-order chi connectivity index (χ1) is 15.2. The Hall–Kier alpha value is -2.76. The van der Waals surface area contributed by atoms with Crippen molar-refractivity contribution in [3.8, 4) is 5.75 Å². The fourth-order valence-electron chi connectivity index (χ4n) is 5.40. The predicted molar refractivity (Wildman–Crippen MR) is 119 cm³/mol. The molecular weight excluding hydrogens is 386 g/mol. The van der Waals surface area contributed by atoms with Gasteiger partial charge in [-0.2, -0.15) is 0 Å². The molecule has 1 aliphatic heterocycles. The first kappa shape index (κ1) is 20.2. The fraction of sp³-hybridized carbons (Fsp3) is 0.385. The van der Waals surface area contributed by atoms with Gasteiger partial charge in [0.05, 0.1) is 5.60 Å². The summed E-state index contributed by atoms with van der Waals surface area (Å²) in [6.45, 7) is 3.12. The van der Waals surface area contributed by atoms with E-state index < -0.39 is 5.60 Å². The quantitative estimate of drug-likeness (QED) is 0.655. The molecule has 5 heteroatoms. The van der Waals surface area contributed by atoms with E-state index in [1.54, 1.807) is 12.4 Å². The molecule has 1 saturated carbocycles. The molecule has 2 atom stereocenters. The van der Waals surface area contributed by atoms with E-state index in [1.807, 2.05) is 48.8 Å². The number of para-hydroxylation sites is 1. The van der Waals surface area contributed by atoms with E-state index in [2.05, 4.69) is 27.0 Å². The summed E-state index contributed by atoms with van der Waals surface area (Å²) in [6.07, 6.45) is 10.5. The molecule has 5 nitrogen and oxygen atoms in total. The smallest absolute Gasteiger partial charge is 0.124 e. The summed E-state index contributed by atoms with van der Waals surface area (Å²) in [5, 5.41) is 11.8. The third-order valence-electron chi connectivity index (χ3n) is 6.91. The number of pyridine rings is 2. The van der Waals surface area contributed by atoms with Crippen LogP contribution < -0.4 is 4.74 Å². The van der Waals surface area contributed by atoms with E-state index in [-0.39, 0.29) is 11.8 Å². The number of hydrogen-bond donors (Lipinski definition) is 1. The lowest BCUT2D eigenvalue weighted by Gasteiger charge is -2.53. The van der Waals surface area contributed by atoms with Crippen LogP contribution in [0.3, 0.4) is 0 Å². The summed E-state index contributed by atoms with van der Waals surface area (Å²) in [6, 6.07) is 16.2. The van der Waals surface area contributed by atoms with Crippen molar-refractivity contribution in [3.63, 3.8) is 0 Å². The molecule has 1 aromatic carbocycles. The first-order valence-corrected chi connectivity index (χ1v) is 11.2. The monoisotopic (exact) mass is 415 g/mol. The molecule has 31 heavy (non-hydrogen) atoms. The van der Waals surface area contributed by atoms with E-state index in [0.717, 1.165) is 49.4 Å². The second-order valence-electron chi connectivity index (χ2n) is 8.84. The largest absolute Gasteiger partial charge is 0.489 e. The minimum Gasteiger partial charge on any atom is -0.489 e. The van der Waals surface area contributed by atoms with Crippen molar-refractivity contribution in [2.75, 3.05) is 13.1 Å². The zero-order valence-corrected chi connectivity index (χ0v) is 17.7. The molecule has 1 N–H and O–H groups in total. The Labute approximate surface area is 183 Å². The highest BCUT2D eigenvalue weighted by Gasteiger charge is 2.51. The van der Waals surface area contributed by atoms with Gasteiger partial charge in [0.2, 0.25) is 0 Å². The molecular formula is C26H29N3O2. The van der Waals surface area contributed by atoms with Crippen LogP contribution in [0.4, 0.5) is 0 Å². The van der Waals surface area contributed by atoms with Crippen LogP contribution >= 0.6 is 0 Å². The minimum absolute atomic E-state index is 0.229. The van der Waals surface area contributed by atoms with Crippen LogP contribution in [-0.2, 0) is 18.8 Å². The molecule has 2 fully saturated rings.